The van der Waals surface area contributed by atoms with Crippen LogP contribution in [0.5, 0.6) is 0 Å². The molecular formula is C24H27ClN2O2. The van der Waals surface area contributed by atoms with Crippen LogP contribution in [0.2, 0.25) is 5.02 Å². The van der Waals surface area contributed by atoms with Crippen LogP contribution in [-0.4, -0.2) is 28.1 Å². The van der Waals surface area contributed by atoms with Gasteiger partial charge in [0.1, 0.15) is 0 Å². The minimum Gasteiger partial charge on any atom is -0.439 e. The summed E-state index contributed by atoms with van der Waals surface area (Å²) >= 11 is 6.01. The zero-order valence-electron chi connectivity index (χ0n) is 16.9. The largest absolute Gasteiger partial charge is 0.439 e. The molecule has 2 heterocycles. The van der Waals surface area contributed by atoms with Gasteiger partial charge in [0.25, 0.3) is 0 Å². The van der Waals surface area contributed by atoms with Crippen LogP contribution in [0.15, 0.2) is 59.0 Å². The minimum absolute atomic E-state index is 0.0490. The van der Waals surface area contributed by atoms with Gasteiger partial charge in [-0.3, -0.25) is 4.90 Å². The monoisotopic (exact) mass is 410 g/mol. The Morgan fingerprint density at radius 2 is 1.79 bits per heavy atom. The number of aromatic nitrogens is 1. The van der Waals surface area contributed by atoms with Gasteiger partial charge in [0.05, 0.1) is 17.3 Å². The first-order chi connectivity index (χ1) is 14.0. The molecule has 2 aromatic carbocycles. The molecule has 0 aliphatic carbocycles. The van der Waals surface area contributed by atoms with Gasteiger partial charge in [-0.15, -0.1) is 0 Å². The Labute approximate surface area is 177 Å². The van der Waals surface area contributed by atoms with Crippen molar-refractivity contribution in [3.8, 4) is 11.3 Å². The lowest BCUT2D eigenvalue weighted by atomic mass is 9.87. The minimum atomic E-state index is -0.767. The van der Waals surface area contributed by atoms with Crippen LogP contribution in [0.1, 0.15) is 49.4 Å². The van der Waals surface area contributed by atoms with Crippen molar-refractivity contribution < 1.29 is 9.52 Å². The Hall–Kier alpha value is -2.14. The molecule has 1 aliphatic heterocycles. The van der Waals surface area contributed by atoms with Gasteiger partial charge in [-0.2, -0.15) is 0 Å². The summed E-state index contributed by atoms with van der Waals surface area (Å²) in [5.74, 6) is 1.51. The number of aryl methyl sites for hydroxylation is 1. The molecular weight excluding hydrogens is 384 g/mol. The van der Waals surface area contributed by atoms with Crippen molar-refractivity contribution in [2.75, 3.05) is 13.1 Å². The molecule has 5 heteroatoms. The van der Waals surface area contributed by atoms with E-state index in [1.807, 2.05) is 61.5 Å². The maximum absolute atomic E-state index is 11.2. The summed E-state index contributed by atoms with van der Waals surface area (Å²) in [6, 6.07) is 17.7. The third kappa shape index (κ3) is 4.25. The fourth-order valence-electron chi connectivity index (χ4n) is 4.19. The predicted molar refractivity (Wildman–Crippen MR) is 116 cm³/mol. The molecule has 0 unspecified atom stereocenters. The molecule has 1 aliphatic rings. The molecule has 2 atom stereocenters. The Morgan fingerprint density at radius 1 is 1.07 bits per heavy atom. The van der Waals surface area contributed by atoms with E-state index >= 15 is 0 Å². The van der Waals surface area contributed by atoms with E-state index in [0.29, 0.717) is 11.4 Å². The van der Waals surface area contributed by atoms with Crippen LogP contribution in [-0.2, 0) is 5.60 Å². The summed E-state index contributed by atoms with van der Waals surface area (Å²) in [6.07, 6.45) is 2.39. The maximum Gasteiger partial charge on any atom is 0.212 e. The zero-order valence-corrected chi connectivity index (χ0v) is 17.7. The molecule has 0 saturated carbocycles. The molecule has 1 saturated heterocycles. The highest BCUT2D eigenvalue weighted by atomic mass is 35.5. The van der Waals surface area contributed by atoms with Gasteiger partial charge in [-0.1, -0.05) is 41.9 Å². The maximum atomic E-state index is 11.2. The molecule has 4 rings (SSSR count). The lowest BCUT2D eigenvalue weighted by Crippen LogP contribution is -2.31. The standard InChI is InChI=1S/C24H27ClN2O2/c1-17-22(19-9-11-21(25)12-10-19)29-23(26-17)18(2)27-15-6-13-24(28,14-16-27)20-7-4-3-5-8-20/h3-5,7-12,18,28H,6,13-16H2,1-2H3/t18-,24+/m0/s1. The zero-order chi connectivity index (χ0) is 20.4. The molecule has 3 aromatic rings. The van der Waals surface area contributed by atoms with Gasteiger partial charge < -0.3 is 9.52 Å². The molecule has 1 N–H and O–H groups in total. The molecule has 1 aromatic heterocycles. The number of benzene rings is 2. The van der Waals surface area contributed by atoms with Crippen LogP contribution < -0.4 is 0 Å². The molecule has 0 amide bonds. The fourth-order valence-corrected chi connectivity index (χ4v) is 4.31. The van der Waals surface area contributed by atoms with Crippen molar-refractivity contribution in [2.45, 2.75) is 44.8 Å². The van der Waals surface area contributed by atoms with Gasteiger partial charge in [-0.05, 0) is 69.5 Å². The summed E-state index contributed by atoms with van der Waals surface area (Å²) in [5.41, 5.74) is 2.10. The molecule has 0 spiro atoms. The highest BCUT2D eigenvalue weighted by Crippen LogP contribution is 2.36. The second kappa shape index (κ2) is 8.31. The van der Waals surface area contributed by atoms with Crippen LogP contribution in [0.3, 0.4) is 0 Å². The van der Waals surface area contributed by atoms with E-state index in [-0.39, 0.29) is 6.04 Å². The summed E-state index contributed by atoms with van der Waals surface area (Å²) < 4.78 is 6.17. The molecule has 0 radical (unpaired) electrons. The van der Waals surface area contributed by atoms with E-state index in [0.717, 1.165) is 54.4 Å². The SMILES string of the molecule is Cc1nc([C@H](C)N2CCC[C@](O)(c3ccccc3)CC2)oc1-c1ccc(Cl)cc1. The average Bonchev–Trinajstić information content (AvgIpc) is 3.00. The normalized spacial score (nSPS) is 21.7. The summed E-state index contributed by atoms with van der Waals surface area (Å²) in [5, 5.41) is 11.9. The first-order valence-corrected chi connectivity index (χ1v) is 10.6. The lowest BCUT2D eigenvalue weighted by Gasteiger charge is -2.28. The number of oxazole rings is 1. The predicted octanol–water partition coefficient (Wildman–Crippen LogP) is 5.74. The van der Waals surface area contributed by atoms with Crippen LogP contribution in [0, 0.1) is 6.92 Å². The topological polar surface area (TPSA) is 49.5 Å². The summed E-state index contributed by atoms with van der Waals surface area (Å²) in [6.45, 7) is 5.81. The Balaban J connectivity index is 1.51. The van der Waals surface area contributed by atoms with Gasteiger partial charge in [0.15, 0.2) is 5.76 Å². The van der Waals surface area contributed by atoms with E-state index in [9.17, 15) is 5.11 Å². The first-order valence-electron chi connectivity index (χ1n) is 10.2. The third-order valence-electron chi connectivity index (χ3n) is 5.98. The highest BCUT2D eigenvalue weighted by molar-refractivity contribution is 6.30. The second-order valence-corrected chi connectivity index (χ2v) is 8.37. The molecule has 152 valence electrons. The van der Waals surface area contributed by atoms with Gasteiger partial charge in [-0.25, -0.2) is 4.98 Å². The Morgan fingerprint density at radius 3 is 2.52 bits per heavy atom. The van der Waals surface area contributed by atoms with Crippen molar-refractivity contribution in [3.05, 3.63) is 76.8 Å². The average molecular weight is 411 g/mol. The van der Waals surface area contributed by atoms with Crippen molar-refractivity contribution in [3.63, 3.8) is 0 Å². The number of hydrogen-bond acceptors (Lipinski definition) is 4. The van der Waals surface area contributed by atoms with Crippen molar-refractivity contribution in [2.24, 2.45) is 0 Å². The summed E-state index contributed by atoms with van der Waals surface area (Å²) in [4.78, 5) is 7.06. The molecule has 4 nitrogen and oxygen atoms in total. The fraction of sp³-hybridized carbons (Fsp3) is 0.375. The Kier molecular flexibility index (Phi) is 5.77. The van der Waals surface area contributed by atoms with Crippen LogP contribution in [0.25, 0.3) is 11.3 Å². The van der Waals surface area contributed by atoms with Crippen molar-refractivity contribution in [1.29, 1.82) is 0 Å². The van der Waals surface area contributed by atoms with Crippen molar-refractivity contribution in [1.82, 2.24) is 9.88 Å². The Bertz CT molecular complexity index is 955. The number of rotatable bonds is 4. The van der Waals surface area contributed by atoms with E-state index in [2.05, 4.69) is 11.8 Å². The number of aliphatic hydroxyl groups is 1. The summed E-state index contributed by atoms with van der Waals surface area (Å²) in [7, 11) is 0. The van der Waals surface area contributed by atoms with Gasteiger partial charge in [0, 0.05) is 17.1 Å². The van der Waals surface area contributed by atoms with Crippen molar-refractivity contribution >= 4 is 11.6 Å². The van der Waals surface area contributed by atoms with E-state index in [4.69, 9.17) is 21.0 Å². The van der Waals surface area contributed by atoms with Crippen LogP contribution in [0.4, 0.5) is 0 Å². The second-order valence-electron chi connectivity index (χ2n) is 7.94. The highest BCUT2D eigenvalue weighted by Gasteiger charge is 2.34. The van der Waals surface area contributed by atoms with E-state index in [1.165, 1.54) is 0 Å². The number of hydrogen-bond donors (Lipinski definition) is 1. The number of nitrogens with zero attached hydrogens (tertiary/aromatic N) is 2. The number of halogens is 1. The smallest absolute Gasteiger partial charge is 0.212 e. The molecule has 29 heavy (non-hydrogen) atoms. The van der Waals surface area contributed by atoms with Gasteiger partial charge in [0.2, 0.25) is 5.89 Å². The molecule has 0 bridgehead atoms. The third-order valence-corrected chi connectivity index (χ3v) is 6.24. The van der Waals surface area contributed by atoms with Gasteiger partial charge >= 0.3 is 0 Å². The first kappa shape index (κ1) is 20.1. The molecule has 1 fully saturated rings. The van der Waals surface area contributed by atoms with Crippen LogP contribution >= 0.6 is 11.6 Å². The van der Waals surface area contributed by atoms with E-state index in [1.54, 1.807) is 0 Å². The quantitative estimate of drug-likeness (QED) is 0.596. The lowest BCUT2D eigenvalue weighted by molar-refractivity contribution is 0.0197. The van der Waals surface area contributed by atoms with E-state index < -0.39 is 5.60 Å². The number of likely N-dealkylation sites (tertiary alicyclic amines) is 1.